The Morgan fingerprint density at radius 1 is 1.11 bits per heavy atom. The van der Waals surface area contributed by atoms with Gasteiger partial charge in [0.25, 0.3) is 0 Å². The van der Waals surface area contributed by atoms with Gasteiger partial charge in [-0.25, -0.2) is 19.4 Å². The Morgan fingerprint density at radius 2 is 1.67 bits per heavy atom. The molecular formula is C12H20O6. The SMILES string of the molecule is CC(C)(C)OOCC(C)(C)OC(=O)/C=C/C(=O)O. The fraction of sp³-hybridized carbons (Fsp3) is 0.667. The highest BCUT2D eigenvalue weighted by Crippen LogP contribution is 2.14. The van der Waals surface area contributed by atoms with Gasteiger partial charge >= 0.3 is 11.9 Å². The zero-order valence-electron chi connectivity index (χ0n) is 11.4. The van der Waals surface area contributed by atoms with Gasteiger partial charge in [-0.2, -0.15) is 0 Å². The van der Waals surface area contributed by atoms with Gasteiger partial charge in [0.05, 0.1) is 5.60 Å². The molecule has 0 bridgehead atoms. The summed E-state index contributed by atoms with van der Waals surface area (Å²) in [6.07, 6.45) is 1.56. The largest absolute Gasteiger partial charge is 0.478 e. The third-order valence-electron chi connectivity index (χ3n) is 1.45. The van der Waals surface area contributed by atoms with E-state index in [1.807, 2.05) is 20.8 Å². The van der Waals surface area contributed by atoms with Gasteiger partial charge in [0, 0.05) is 12.2 Å². The molecule has 0 radical (unpaired) electrons. The molecule has 1 N–H and O–H groups in total. The number of carbonyl (C=O) groups excluding carboxylic acids is 1. The topological polar surface area (TPSA) is 82.1 Å². The molecule has 0 aliphatic carbocycles. The van der Waals surface area contributed by atoms with Crippen molar-refractivity contribution in [3.63, 3.8) is 0 Å². The van der Waals surface area contributed by atoms with E-state index in [2.05, 4.69) is 0 Å². The molecule has 0 saturated heterocycles. The molecule has 0 aromatic heterocycles. The van der Waals surface area contributed by atoms with Gasteiger partial charge in [0.1, 0.15) is 12.2 Å². The van der Waals surface area contributed by atoms with Crippen LogP contribution in [-0.4, -0.2) is 34.9 Å². The van der Waals surface area contributed by atoms with Crippen molar-refractivity contribution in [1.82, 2.24) is 0 Å². The van der Waals surface area contributed by atoms with E-state index in [9.17, 15) is 9.59 Å². The second-order valence-electron chi connectivity index (χ2n) is 5.31. The van der Waals surface area contributed by atoms with Crippen molar-refractivity contribution < 1.29 is 29.2 Å². The lowest BCUT2D eigenvalue weighted by molar-refractivity contribution is -0.362. The van der Waals surface area contributed by atoms with Crippen LogP contribution in [0.15, 0.2) is 12.2 Å². The smallest absolute Gasteiger partial charge is 0.331 e. The Bertz CT molecular complexity index is 324. The molecule has 0 saturated carbocycles. The average Bonchev–Trinajstić information content (AvgIpc) is 2.11. The number of rotatable bonds is 6. The first kappa shape index (κ1) is 16.6. The summed E-state index contributed by atoms with van der Waals surface area (Å²) in [7, 11) is 0. The Hall–Kier alpha value is -1.40. The standard InChI is InChI=1S/C12H20O6/c1-11(2,3)18-16-8-12(4,5)17-10(15)7-6-9(13)14/h6-7H,8H2,1-5H3,(H,13,14)/b7-6+. The number of carboxylic acid groups (broad SMARTS) is 1. The summed E-state index contributed by atoms with van der Waals surface area (Å²) in [5.74, 6) is -1.96. The van der Waals surface area contributed by atoms with Crippen LogP contribution < -0.4 is 0 Å². The summed E-state index contributed by atoms with van der Waals surface area (Å²) >= 11 is 0. The van der Waals surface area contributed by atoms with Crippen LogP contribution in [0.3, 0.4) is 0 Å². The van der Waals surface area contributed by atoms with Crippen molar-refractivity contribution >= 4 is 11.9 Å². The van der Waals surface area contributed by atoms with Gasteiger partial charge in [-0.05, 0) is 34.6 Å². The molecule has 0 spiro atoms. The second-order valence-corrected chi connectivity index (χ2v) is 5.31. The second kappa shape index (κ2) is 6.51. The van der Waals surface area contributed by atoms with Crippen LogP contribution in [0.25, 0.3) is 0 Å². The molecule has 0 amide bonds. The third kappa shape index (κ3) is 9.80. The van der Waals surface area contributed by atoms with E-state index in [0.29, 0.717) is 6.08 Å². The predicted molar refractivity (Wildman–Crippen MR) is 63.7 cm³/mol. The van der Waals surface area contributed by atoms with Crippen molar-refractivity contribution in [1.29, 1.82) is 0 Å². The lowest BCUT2D eigenvalue weighted by Gasteiger charge is -2.25. The first-order valence-corrected chi connectivity index (χ1v) is 5.46. The molecule has 6 nitrogen and oxygen atoms in total. The van der Waals surface area contributed by atoms with Gasteiger partial charge in [0.2, 0.25) is 0 Å². The zero-order valence-corrected chi connectivity index (χ0v) is 11.4. The molecule has 18 heavy (non-hydrogen) atoms. The predicted octanol–water partition coefficient (Wildman–Crippen LogP) is 1.70. The molecule has 0 aromatic rings. The van der Waals surface area contributed by atoms with Crippen molar-refractivity contribution in [2.24, 2.45) is 0 Å². The fourth-order valence-corrected chi connectivity index (χ4v) is 0.823. The highest BCUT2D eigenvalue weighted by Gasteiger charge is 2.24. The Balaban J connectivity index is 4.14. The average molecular weight is 260 g/mol. The van der Waals surface area contributed by atoms with E-state index in [-0.39, 0.29) is 6.61 Å². The van der Waals surface area contributed by atoms with E-state index in [4.69, 9.17) is 19.6 Å². The molecule has 0 aromatic carbocycles. The number of ether oxygens (including phenoxy) is 1. The molecule has 0 aliphatic heterocycles. The van der Waals surface area contributed by atoms with Crippen molar-refractivity contribution in [3.8, 4) is 0 Å². The van der Waals surface area contributed by atoms with Crippen molar-refractivity contribution in [3.05, 3.63) is 12.2 Å². The van der Waals surface area contributed by atoms with Gasteiger partial charge < -0.3 is 9.84 Å². The maximum Gasteiger partial charge on any atom is 0.331 e. The molecule has 0 heterocycles. The van der Waals surface area contributed by atoms with Gasteiger partial charge in [-0.1, -0.05) is 0 Å². The highest BCUT2D eigenvalue weighted by atomic mass is 17.2. The quantitative estimate of drug-likeness (QED) is 0.339. The molecular weight excluding hydrogens is 240 g/mol. The number of esters is 1. The van der Waals surface area contributed by atoms with Crippen molar-refractivity contribution in [2.75, 3.05) is 6.61 Å². The Labute approximate surface area is 106 Å². The van der Waals surface area contributed by atoms with Crippen LogP contribution in [0.1, 0.15) is 34.6 Å². The Kier molecular flexibility index (Phi) is 6.00. The van der Waals surface area contributed by atoms with Crippen LogP contribution in [0.4, 0.5) is 0 Å². The first-order valence-electron chi connectivity index (χ1n) is 5.46. The summed E-state index contributed by atoms with van der Waals surface area (Å²) in [4.78, 5) is 31.5. The zero-order chi connectivity index (χ0) is 14.4. The van der Waals surface area contributed by atoms with Gasteiger partial charge in [-0.3, -0.25) is 0 Å². The lowest BCUT2D eigenvalue weighted by Crippen LogP contribution is -2.34. The van der Waals surface area contributed by atoms with E-state index < -0.39 is 23.1 Å². The summed E-state index contributed by atoms with van der Waals surface area (Å²) in [6, 6.07) is 0. The number of hydrogen-bond donors (Lipinski definition) is 1. The summed E-state index contributed by atoms with van der Waals surface area (Å²) in [5.41, 5.74) is -1.37. The van der Waals surface area contributed by atoms with E-state index in [1.54, 1.807) is 13.8 Å². The number of hydrogen-bond acceptors (Lipinski definition) is 5. The monoisotopic (exact) mass is 260 g/mol. The maximum atomic E-state index is 11.3. The summed E-state index contributed by atoms with van der Waals surface area (Å²) < 4.78 is 5.01. The Morgan fingerprint density at radius 3 is 2.11 bits per heavy atom. The van der Waals surface area contributed by atoms with Crippen LogP contribution in [-0.2, 0) is 24.1 Å². The normalized spacial score (nSPS) is 12.7. The van der Waals surface area contributed by atoms with Gasteiger partial charge in [-0.15, -0.1) is 0 Å². The van der Waals surface area contributed by atoms with Crippen molar-refractivity contribution in [2.45, 2.75) is 45.8 Å². The molecule has 0 rings (SSSR count). The third-order valence-corrected chi connectivity index (χ3v) is 1.45. The summed E-state index contributed by atoms with van der Waals surface area (Å²) in [5, 5.41) is 8.35. The lowest BCUT2D eigenvalue weighted by atomic mass is 10.1. The fourth-order valence-electron chi connectivity index (χ4n) is 0.823. The van der Waals surface area contributed by atoms with E-state index in [1.165, 1.54) is 0 Å². The molecule has 6 heteroatoms. The van der Waals surface area contributed by atoms with E-state index in [0.717, 1.165) is 6.08 Å². The van der Waals surface area contributed by atoms with Crippen LogP contribution >= 0.6 is 0 Å². The minimum absolute atomic E-state index is 0.0386. The molecule has 0 unspecified atom stereocenters. The molecule has 0 fully saturated rings. The first-order chi connectivity index (χ1) is 8.02. The minimum Gasteiger partial charge on any atom is -0.478 e. The molecule has 0 atom stereocenters. The summed E-state index contributed by atoms with van der Waals surface area (Å²) in [6.45, 7) is 8.76. The highest BCUT2D eigenvalue weighted by molar-refractivity contribution is 5.90. The van der Waals surface area contributed by atoms with Gasteiger partial charge in [0.15, 0.2) is 0 Å². The number of carboxylic acids is 1. The van der Waals surface area contributed by atoms with Crippen LogP contribution in [0, 0.1) is 0 Å². The van der Waals surface area contributed by atoms with E-state index >= 15 is 0 Å². The number of carbonyl (C=O) groups is 2. The molecule has 0 aliphatic rings. The number of aliphatic carboxylic acids is 1. The maximum absolute atomic E-state index is 11.3. The van der Waals surface area contributed by atoms with Crippen LogP contribution in [0.2, 0.25) is 0 Å². The van der Waals surface area contributed by atoms with Crippen LogP contribution in [0.5, 0.6) is 0 Å². The molecule has 104 valence electrons. The minimum atomic E-state index is -1.21.